The number of hydrogen-bond acceptors (Lipinski definition) is 3. The molecule has 2 unspecified atom stereocenters. The normalized spacial score (nSPS) is 18.5. The maximum atomic E-state index is 11.9. The van der Waals surface area contributed by atoms with E-state index in [4.69, 9.17) is 4.74 Å². The SMILES string of the molecule is Cc1c(C(=O)O)cc2c(-c3ccccc3)ccn2c1C(C)C1CNCCO1. The second kappa shape index (κ2) is 7.18. The van der Waals surface area contributed by atoms with E-state index in [1.165, 1.54) is 0 Å². The van der Waals surface area contributed by atoms with Crippen LogP contribution in [0.2, 0.25) is 0 Å². The number of aromatic carboxylic acids is 1. The van der Waals surface area contributed by atoms with Gasteiger partial charge in [0, 0.05) is 36.5 Å². The van der Waals surface area contributed by atoms with Gasteiger partial charge in [0.25, 0.3) is 0 Å². The molecule has 1 aliphatic heterocycles. The van der Waals surface area contributed by atoms with Crippen molar-refractivity contribution in [1.29, 1.82) is 0 Å². The number of morpholine rings is 1. The highest BCUT2D eigenvalue weighted by Crippen LogP contribution is 2.34. The molecule has 2 N–H and O–H groups in total. The monoisotopic (exact) mass is 364 g/mol. The maximum Gasteiger partial charge on any atom is 0.336 e. The molecular weight excluding hydrogens is 340 g/mol. The molecule has 140 valence electrons. The molecule has 0 radical (unpaired) electrons. The number of ether oxygens (including phenoxy) is 1. The van der Waals surface area contributed by atoms with Crippen LogP contribution in [0.5, 0.6) is 0 Å². The fourth-order valence-electron chi connectivity index (χ4n) is 4.09. The molecule has 27 heavy (non-hydrogen) atoms. The third-order valence-corrected chi connectivity index (χ3v) is 5.52. The average Bonchev–Trinajstić information content (AvgIpc) is 3.11. The van der Waals surface area contributed by atoms with Crippen LogP contribution in [0.3, 0.4) is 0 Å². The highest BCUT2D eigenvalue weighted by atomic mass is 16.5. The van der Waals surface area contributed by atoms with E-state index in [1.807, 2.05) is 43.5 Å². The molecule has 1 fully saturated rings. The Morgan fingerprint density at radius 1 is 1.30 bits per heavy atom. The van der Waals surface area contributed by atoms with E-state index in [9.17, 15) is 9.90 Å². The zero-order chi connectivity index (χ0) is 19.0. The van der Waals surface area contributed by atoms with Crippen LogP contribution >= 0.6 is 0 Å². The van der Waals surface area contributed by atoms with Gasteiger partial charge in [0.05, 0.1) is 23.8 Å². The van der Waals surface area contributed by atoms with E-state index < -0.39 is 5.97 Å². The molecule has 5 nitrogen and oxygen atoms in total. The Bertz CT molecular complexity index is 972. The van der Waals surface area contributed by atoms with Crippen molar-refractivity contribution in [3.8, 4) is 11.1 Å². The zero-order valence-corrected chi connectivity index (χ0v) is 15.6. The summed E-state index contributed by atoms with van der Waals surface area (Å²) < 4.78 is 8.10. The second-order valence-electron chi connectivity index (χ2n) is 7.13. The van der Waals surface area contributed by atoms with Gasteiger partial charge in [-0.3, -0.25) is 0 Å². The topological polar surface area (TPSA) is 63.0 Å². The minimum absolute atomic E-state index is 0.0206. The third kappa shape index (κ3) is 3.13. The Morgan fingerprint density at radius 3 is 2.74 bits per heavy atom. The molecule has 5 heteroatoms. The predicted molar refractivity (Wildman–Crippen MR) is 106 cm³/mol. The Labute approximate surface area is 158 Å². The van der Waals surface area contributed by atoms with Gasteiger partial charge in [0.1, 0.15) is 0 Å². The van der Waals surface area contributed by atoms with Crippen LogP contribution in [0.25, 0.3) is 16.6 Å². The highest BCUT2D eigenvalue weighted by molar-refractivity contribution is 5.94. The van der Waals surface area contributed by atoms with Crippen molar-refractivity contribution in [3.63, 3.8) is 0 Å². The summed E-state index contributed by atoms with van der Waals surface area (Å²) in [6.07, 6.45) is 2.06. The predicted octanol–water partition coefficient (Wildman–Crippen LogP) is 3.70. The number of aromatic nitrogens is 1. The van der Waals surface area contributed by atoms with E-state index >= 15 is 0 Å². The van der Waals surface area contributed by atoms with Crippen molar-refractivity contribution in [1.82, 2.24) is 9.72 Å². The first-order chi connectivity index (χ1) is 13.1. The molecule has 2 aromatic heterocycles. The minimum Gasteiger partial charge on any atom is -0.478 e. The molecule has 3 heterocycles. The van der Waals surface area contributed by atoms with Crippen LogP contribution in [0.15, 0.2) is 48.7 Å². The molecule has 0 saturated carbocycles. The summed E-state index contributed by atoms with van der Waals surface area (Å²) in [7, 11) is 0. The van der Waals surface area contributed by atoms with Gasteiger partial charge in [0.2, 0.25) is 0 Å². The van der Waals surface area contributed by atoms with Gasteiger partial charge in [-0.05, 0) is 30.2 Å². The number of rotatable bonds is 4. The van der Waals surface area contributed by atoms with E-state index in [0.29, 0.717) is 12.2 Å². The molecule has 1 saturated heterocycles. The molecule has 1 aromatic carbocycles. The van der Waals surface area contributed by atoms with Crippen molar-refractivity contribution in [2.24, 2.45) is 0 Å². The summed E-state index contributed by atoms with van der Waals surface area (Å²) in [4.78, 5) is 11.9. The molecule has 1 aliphatic rings. The fraction of sp³-hybridized carbons (Fsp3) is 0.318. The van der Waals surface area contributed by atoms with E-state index in [-0.39, 0.29) is 12.0 Å². The summed E-state index contributed by atoms with van der Waals surface area (Å²) in [6, 6.07) is 13.9. The van der Waals surface area contributed by atoms with Gasteiger partial charge in [-0.15, -0.1) is 0 Å². The molecule has 0 spiro atoms. The first-order valence-electron chi connectivity index (χ1n) is 9.33. The van der Waals surface area contributed by atoms with Gasteiger partial charge in [-0.25, -0.2) is 4.79 Å². The first-order valence-corrected chi connectivity index (χ1v) is 9.33. The lowest BCUT2D eigenvalue weighted by Crippen LogP contribution is -2.41. The Hall–Kier alpha value is -2.63. The van der Waals surface area contributed by atoms with Crippen LogP contribution in [0.4, 0.5) is 0 Å². The number of carbonyl (C=O) groups is 1. The van der Waals surface area contributed by atoms with Crippen molar-refractivity contribution in [2.75, 3.05) is 19.7 Å². The van der Waals surface area contributed by atoms with E-state index in [1.54, 1.807) is 6.07 Å². The Morgan fingerprint density at radius 2 is 2.07 bits per heavy atom. The van der Waals surface area contributed by atoms with Crippen molar-refractivity contribution < 1.29 is 14.6 Å². The van der Waals surface area contributed by atoms with Gasteiger partial charge in [-0.1, -0.05) is 37.3 Å². The lowest BCUT2D eigenvalue weighted by atomic mass is 9.92. The molecule has 4 rings (SSSR count). The molecule has 3 aromatic rings. The fourth-order valence-corrected chi connectivity index (χ4v) is 4.09. The molecular formula is C22H24N2O3. The number of carboxylic acid groups (broad SMARTS) is 1. The number of fused-ring (bicyclic) bond motifs is 1. The minimum atomic E-state index is -0.897. The number of benzene rings is 1. The summed E-state index contributed by atoms with van der Waals surface area (Å²) in [6.45, 7) is 6.32. The van der Waals surface area contributed by atoms with Crippen LogP contribution in [0, 0.1) is 6.92 Å². The summed E-state index contributed by atoms with van der Waals surface area (Å²) >= 11 is 0. The third-order valence-electron chi connectivity index (χ3n) is 5.52. The highest BCUT2D eigenvalue weighted by Gasteiger charge is 2.28. The van der Waals surface area contributed by atoms with E-state index in [0.717, 1.165) is 41.0 Å². The largest absolute Gasteiger partial charge is 0.478 e. The summed E-state index contributed by atoms with van der Waals surface area (Å²) in [5, 5.41) is 13.2. The number of hydrogen-bond donors (Lipinski definition) is 2. The average molecular weight is 364 g/mol. The smallest absolute Gasteiger partial charge is 0.336 e. The molecule has 0 bridgehead atoms. The van der Waals surface area contributed by atoms with Crippen molar-refractivity contribution in [3.05, 3.63) is 65.5 Å². The van der Waals surface area contributed by atoms with Gasteiger partial charge in [0.15, 0.2) is 0 Å². The first kappa shape index (κ1) is 17.8. The Kier molecular flexibility index (Phi) is 4.72. The number of nitrogens with zero attached hydrogens (tertiary/aromatic N) is 1. The van der Waals surface area contributed by atoms with Gasteiger partial charge < -0.3 is 19.6 Å². The number of pyridine rings is 1. The summed E-state index contributed by atoms with van der Waals surface area (Å²) in [5.74, 6) is -0.832. The van der Waals surface area contributed by atoms with Crippen LogP contribution in [-0.4, -0.2) is 41.3 Å². The van der Waals surface area contributed by atoms with E-state index in [2.05, 4.69) is 22.7 Å². The van der Waals surface area contributed by atoms with Gasteiger partial charge in [-0.2, -0.15) is 0 Å². The summed E-state index contributed by atoms with van der Waals surface area (Å²) in [5.41, 5.74) is 5.18. The molecule has 0 amide bonds. The van der Waals surface area contributed by atoms with Crippen LogP contribution in [-0.2, 0) is 4.74 Å². The lowest BCUT2D eigenvalue weighted by molar-refractivity contribution is 0.0135. The van der Waals surface area contributed by atoms with Crippen molar-refractivity contribution >= 4 is 11.5 Å². The number of carboxylic acids is 1. The Balaban J connectivity index is 1.92. The number of nitrogens with one attached hydrogen (secondary N) is 1. The van der Waals surface area contributed by atoms with Crippen LogP contribution < -0.4 is 5.32 Å². The van der Waals surface area contributed by atoms with Gasteiger partial charge >= 0.3 is 5.97 Å². The van der Waals surface area contributed by atoms with Crippen molar-refractivity contribution in [2.45, 2.75) is 25.9 Å². The maximum absolute atomic E-state index is 11.9. The van der Waals surface area contributed by atoms with Crippen LogP contribution in [0.1, 0.15) is 34.5 Å². The molecule has 0 aliphatic carbocycles. The second-order valence-corrected chi connectivity index (χ2v) is 7.13. The quantitative estimate of drug-likeness (QED) is 0.741. The lowest BCUT2D eigenvalue weighted by Gasteiger charge is -2.30. The zero-order valence-electron chi connectivity index (χ0n) is 15.6. The molecule has 2 atom stereocenters. The standard InChI is InChI=1S/C22H24N2O3/c1-14-18(22(25)26)12-19-17(16-6-4-3-5-7-16)8-10-24(19)21(14)15(2)20-13-23-9-11-27-20/h3-8,10,12,15,20,23H,9,11,13H2,1-2H3,(H,25,26).